The summed E-state index contributed by atoms with van der Waals surface area (Å²) in [6.07, 6.45) is 0. The van der Waals surface area contributed by atoms with Crippen LogP contribution in [0.1, 0.15) is 18.5 Å². The highest BCUT2D eigenvalue weighted by atomic mass is 35.5. The fourth-order valence-electron chi connectivity index (χ4n) is 1.77. The minimum Gasteiger partial charge on any atom is -0.484 e. The first-order valence-electron chi connectivity index (χ1n) is 6.58. The van der Waals surface area contributed by atoms with E-state index in [1.807, 2.05) is 25.1 Å². The Morgan fingerprint density at radius 3 is 2.67 bits per heavy atom. The first-order valence-corrected chi connectivity index (χ1v) is 6.96. The molecule has 2 rings (SSSR count). The van der Waals surface area contributed by atoms with Crippen LogP contribution in [0.4, 0.5) is 5.69 Å². The standard InChI is InChI=1S/C16H17ClN2O2/c1-11(18)12-3-2-4-15(9-12)21-10-16(20)19-14-7-5-13(17)6-8-14/h2-9,11H,10,18H2,1H3,(H,19,20)/t11-/m1/s1. The Hall–Kier alpha value is -2.04. The van der Waals surface area contributed by atoms with Gasteiger partial charge in [0.05, 0.1) is 0 Å². The van der Waals surface area contributed by atoms with Crippen LogP contribution in [0.25, 0.3) is 0 Å². The Balaban J connectivity index is 1.89. The average Bonchev–Trinajstić information content (AvgIpc) is 2.48. The second-order valence-corrected chi connectivity index (χ2v) is 5.14. The summed E-state index contributed by atoms with van der Waals surface area (Å²) in [6.45, 7) is 1.83. The maximum Gasteiger partial charge on any atom is 0.262 e. The number of hydrogen-bond acceptors (Lipinski definition) is 3. The third kappa shape index (κ3) is 4.77. The Morgan fingerprint density at radius 2 is 2.00 bits per heavy atom. The predicted molar refractivity (Wildman–Crippen MR) is 84.6 cm³/mol. The van der Waals surface area contributed by atoms with Crippen molar-refractivity contribution in [3.8, 4) is 5.75 Å². The van der Waals surface area contributed by atoms with Crippen LogP contribution < -0.4 is 15.8 Å². The normalized spacial score (nSPS) is 11.8. The molecule has 0 aliphatic rings. The van der Waals surface area contributed by atoms with Crippen molar-refractivity contribution in [1.82, 2.24) is 0 Å². The molecular weight excluding hydrogens is 288 g/mol. The molecule has 5 heteroatoms. The molecule has 110 valence electrons. The van der Waals surface area contributed by atoms with Gasteiger partial charge in [0.2, 0.25) is 0 Å². The summed E-state index contributed by atoms with van der Waals surface area (Å²) in [7, 11) is 0. The molecule has 0 saturated heterocycles. The highest BCUT2D eigenvalue weighted by Gasteiger charge is 2.05. The van der Waals surface area contributed by atoms with Gasteiger partial charge in [0.15, 0.2) is 6.61 Å². The van der Waals surface area contributed by atoms with Crippen molar-refractivity contribution in [1.29, 1.82) is 0 Å². The van der Waals surface area contributed by atoms with Crippen LogP contribution in [0.5, 0.6) is 5.75 Å². The van der Waals surface area contributed by atoms with Crippen LogP contribution >= 0.6 is 11.6 Å². The van der Waals surface area contributed by atoms with E-state index in [0.717, 1.165) is 5.56 Å². The number of halogens is 1. The summed E-state index contributed by atoms with van der Waals surface area (Å²) >= 11 is 5.78. The maximum absolute atomic E-state index is 11.8. The Morgan fingerprint density at radius 1 is 1.29 bits per heavy atom. The second kappa shape index (κ2) is 7.11. The van der Waals surface area contributed by atoms with Crippen molar-refractivity contribution in [2.75, 3.05) is 11.9 Å². The molecule has 3 N–H and O–H groups in total. The van der Waals surface area contributed by atoms with Crippen LogP contribution in [-0.4, -0.2) is 12.5 Å². The van der Waals surface area contributed by atoms with Gasteiger partial charge in [0, 0.05) is 16.8 Å². The molecule has 0 unspecified atom stereocenters. The van der Waals surface area contributed by atoms with Crippen LogP contribution in [0.3, 0.4) is 0 Å². The molecule has 0 aromatic heterocycles. The number of benzene rings is 2. The summed E-state index contributed by atoms with van der Waals surface area (Å²) in [5, 5.41) is 3.35. The minimum atomic E-state index is -0.233. The van der Waals surface area contributed by atoms with Gasteiger partial charge in [-0.3, -0.25) is 4.79 Å². The van der Waals surface area contributed by atoms with Crippen LogP contribution in [0.15, 0.2) is 48.5 Å². The van der Waals surface area contributed by atoms with E-state index in [-0.39, 0.29) is 18.6 Å². The van der Waals surface area contributed by atoms with Gasteiger partial charge in [0.1, 0.15) is 5.75 Å². The zero-order valence-electron chi connectivity index (χ0n) is 11.7. The van der Waals surface area contributed by atoms with Crippen molar-refractivity contribution < 1.29 is 9.53 Å². The predicted octanol–water partition coefficient (Wildman–Crippen LogP) is 3.38. The molecule has 0 aliphatic carbocycles. The zero-order chi connectivity index (χ0) is 15.2. The molecule has 1 atom stereocenters. The molecule has 0 spiro atoms. The third-order valence-electron chi connectivity index (χ3n) is 2.88. The number of nitrogens with two attached hydrogens (primary N) is 1. The Labute approximate surface area is 128 Å². The largest absolute Gasteiger partial charge is 0.484 e. The SMILES string of the molecule is C[C@@H](N)c1cccc(OCC(=O)Nc2ccc(Cl)cc2)c1. The number of amides is 1. The Bertz CT molecular complexity index is 612. The van der Waals surface area contributed by atoms with Gasteiger partial charge >= 0.3 is 0 Å². The van der Waals surface area contributed by atoms with Gasteiger partial charge < -0.3 is 15.8 Å². The van der Waals surface area contributed by atoms with E-state index in [1.54, 1.807) is 30.3 Å². The maximum atomic E-state index is 11.8. The lowest BCUT2D eigenvalue weighted by Gasteiger charge is -2.10. The van der Waals surface area contributed by atoms with E-state index in [9.17, 15) is 4.79 Å². The molecule has 0 bridgehead atoms. The van der Waals surface area contributed by atoms with Gasteiger partial charge in [-0.05, 0) is 48.9 Å². The highest BCUT2D eigenvalue weighted by Crippen LogP contribution is 2.18. The van der Waals surface area contributed by atoms with Gasteiger partial charge in [-0.2, -0.15) is 0 Å². The van der Waals surface area contributed by atoms with E-state index in [4.69, 9.17) is 22.1 Å². The van der Waals surface area contributed by atoms with Crippen LogP contribution in [0.2, 0.25) is 5.02 Å². The monoisotopic (exact) mass is 304 g/mol. The third-order valence-corrected chi connectivity index (χ3v) is 3.13. The van der Waals surface area contributed by atoms with Gasteiger partial charge in [-0.25, -0.2) is 0 Å². The number of ether oxygens (including phenoxy) is 1. The number of nitrogens with one attached hydrogen (secondary N) is 1. The van der Waals surface area contributed by atoms with Crippen LogP contribution in [0, 0.1) is 0 Å². The lowest BCUT2D eigenvalue weighted by molar-refractivity contribution is -0.118. The first kappa shape index (κ1) is 15.4. The van der Waals surface area contributed by atoms with E-state index in [2.05, 4.69) is 5.32 Å². The van der Waals surface area contributed by atoms with Gasteiger partial charge in [-0.1, -0.05) is 23.7 Å². The van der Waals surface area contributed by atoms with Gasteiger partial charge in [0.25, 0.3) is 5.91 Å². The lowest BCUT2D eigenvalue weighted by Crippen LogP contribution is -2.20. The molecule has 0 heterocycles. The number of anilines is 1. The lowest BCUT2D eigenvalue weighted by atomic mass is 10.1. The number of hydrogen-bond donors (Lipinski definition) is 2. The molecule has 1 amide bonds. The summed E-state index contributed by atoms with van der Waals surface area (Å²) in [6, 6.07) is 14.2. The fraction of sp³-hybridized carbons (Fsp3) is 0.188. The second-order valence-electron chi connectivity index (χ2n) is 4.70. The molecule has 4 nitrogen and oxygen atoms in total. The molecule has 2 aromatic rings. The van der Waals surface area contributed by atoms with Crippen LogP contribution in [-0.2, 0) is 4.79 Å². The summed E-state index contributed by atoms with van der Waals surface area (Å²) in [4.78, 5) is 11.8. The van der Waals surface area contributed by atoms with Gasteiger partial charge in [-0.15, -0.1) is 0 Å². The average molecular weight is 305 g/mol. The molecule has 0 saturated carbocycles. The summed E-state index contributed by atoms with van der Waals surface area (Å²) in [5.74, 6) is 0.388. The van der Waals surface area contributed by atoms with Crippen molar-refractivity contribution in [3.05, 3.63) is 59.1 Å². The quantitative estimate of drug-likeness (QED) is 0.890. The smallest absolute Gasteiger partial charge is 0.262 e. The van der Waals surface area contributed by atoms with Crippen molar-refractivity contribution in [2.24, 2.45) is 5.73 Å². The van der Waals surface area contributed by atoms with E-state index in [0.29, 0.717) is 16.5 Å². The number of carbonyl (C=O) groups is 1. The molecule has 0 fully saturated rings. The molecule has 2 aromatic carbocycles. The fourth-order valence-corrected chi connectivity index (χ4v) is 1.89. The topological polar surface area (TPSA) is 64.3 Å². The molecule has 0 aliphatic heterocycles. The van der Waals surface area contributed by atoms with Crippen molar-refractivity contribution in [2.45, 2.75) is 13.0 Å². The summed E-state index contributed by atoms with van der Waals surface area (Å²) < 4.78 is 5.46. The highest BCUT2D eigenvalue weighted by molar-refractivity contribution is 6.30. The van der Waals surface area contributed by atoms with Crippen molar-refractivity contribution in [3.63, 3.8) is 0 Å². The van der Waals surface area contributed by atoms with E-state index < -0.39 is 0 Å². The zero-order valence-corrected chi connectivity index (χ0v) is 12.4. The Kier molecular flexibility index (Phi) is 5.20. The molecule has 21 heavy (non-hydrogen) atoms. The minimum absolute atomic E-state index is 0.0645. The van der Waals surface area contributed by atoms with E-state index >= 15 is 0 Å². The number of carbonyl (C=O) groups excluding carboxylic acids is 1. The molecular formula is C16H17ClN2O2. The first-order chi connectivity index (χ1) is 10.0. The van der Waals surface area contributed by atoms with Crippen molar-refractivity contribution >= 4 is 23.2 Å². The number of rotatable bonds is 5. The summed E-state index contributed by atoms with van der Waals surface area (Å²) in [5.41, 5.74) is 7.45. The molecule has 0 radical (unpaired) electrons. The van der Waals surface area contributed by atoms with E-state index in [1.165, 1.54) is 0 Å².